The molecule has 1 aromatic carbocycles. The number of carbonyl (C=O) groups excluding carboxylic acids is 3. The van der Waals surface area contributed by atoms with Crippen LogP contribution >= 0.6 is 12.6 Å². The highest BCUT2D eigenvalue weighted by Gasteiger charge is 2.35. The highest BCUT2D eigenvalue weighted by atomic mass is 32.1. The molecule has 0 spiro atoms. The number of nitrogens with one attached hydrogen (secondary N) is 2. The Labute approximate surface area is 204 Å². The van der Waals surface area contributed by atoms with Gasteiger partial charge in [-0.3, -0.25) is 9.59 Å². The van der Waals surface area contributed by atoms with Gasteiger partial charge in [0.15, 0.2) is 0 Å². The minimum atomic E-state index is -0.928. The first-order valence-corrected chi connectivity index (χ1v) is 12.3. The average molecular weight is 480 g/mol. The van der Waals surface area contributed by atoms with Gasteiger partial charge in [-0.05, 0) is 53.0 Å². The van der Waals surface area contributed by atoms with Crippen molar-refractivity contribution < 1.29 is 19.1 Å². The summed E-state index contributed by atoms with van der Waals surface area (Å²) in [4.78, 5) is 40.9. The van der Waals surface area contributed by atoms with Crippen LogP contribution in [0.4, 0.5) is 4.79 Å². The molecule has 3 amide bonds. The topological polar surface area (TPSA) is 87.7 Å². The van der Waals surface area contributed by atoms with Gasteiger partial charge in [0, 0.05) is 18.3 Å². The fourth-order valence-corrected chi connectivity index (χ4v) is 3.83. The van der Waals surface area contributed by atoms with E-state index in [-0.39, 0.29) is 23.6 Å². The van der Waals surface area contributed by atoms with Crippen LogP contribution in [0, 0.1) is 6.92 Å². The van der Waals surface area contributed by atoms with Crippen molar-refractivity contribution in [3.05, 3.63) is 35.4 Å². The van der Waals surface area contributed by atoms with Crippen LogP contribution in [0.1, 0.15) is 78.0 Å². The number of alkyl carbamates (subject to hydrolysis) is 1. The molecule has 186 valence electrons. The molecule has 0 aromatic heterocycles. The summed E-state index contributed by atoms with van der Waals surface area (Å²) in [6.45, 7) is 13.5. The Balaban J connectivity index is 3.31. The van der Waals surface area contributed by atoms with E-state index in [0.29, 0.717) is 13.0 Å². The van der Waals surface area contributed by atoms with E-state index in [4.69, 9.17) is 4.74 Å². The quantitative estimate of drug-likeness (QED) is 0.411. The van der Waals surface area contributed by atoms with Crippen molar-refractivity contribution in [3.8, 4) is 0 Å². The molecule has 2 N–H and O–H groups in total. The van der Waals surface area contributed by atoms with Crippen LogP contribution in [0.2, 0.25) is 0 Å². The molecule has 0 aliphatic heterocycles. The van der Waals surface area contributed by atoms with Crippen LogP contribution in [-0.4, -0.2) is 52.8 Å². The third kappa shape index (κ3) is 9.66. The van der Waals surface area contributed by atoms with Crippen molar-refractivity contribution in [1.29, 1.82) is 0 Å². The first-order chi connectivity index (χ1) is 15.4. The lowest BCUT2D eigenvalue weighted by molar-refractivity contribution is -0.142. The molecule has 0 aliphatic rings. The Kier molecular flexibility index (Phi) is 11.8. The van der Waals surface area contributed by atoms with E-state index in [1.54, 1.807) is 25.7 Å². The molecule has 1 aromatic rings. The Morgan fingerprint density at radius 1 is 1.12 bits per heavy atom. The summed E-state index contributed by atoms with van der Waals surface area (Å²) in [6.07, 6.45) is 1.74. The first-order valence-electron chi connectivity index (χ1n) is 11.7. The van der Waals surface area contributed by atoms with Crippen LogP contribution in [0.25, 0.3) is 0 Å². The third-order valence-corrected chi connectivity index (χ3v) is 5.31. The molecule has 8 heteroatoms. The van der Waals surface area contributed by atoms with Crippen molar-refractivity contribution in [1.82, 2.24) is 15.5 Å². The lowest BCUT2D eigenvalue weighted by Gasteiger charge is -2.34. The summed E-state index contributed by atoms with van der Waals surface area (Å²) in [7, 11) is 0. The van der Waals surface area contributed by atoms with E-state index >= 15 is 0 Å². The second-order valence-electron chi connectivity index (χ2n) is 9.43. The highest BCUT2D eigenvalue weighted by Crippen LogP contribution is 2.24. The maximum Gasteiger partial charge on any atom is 0.408 e. The van der Waals surface area contributed by atoms with Gasteiger partial charge in [-0.15, -0.1) is 0 Å². The minimum Gasteiger partial charge on any atom is -0.444 e. The average Bonchev–Trinajstić information content (AvgIpc) is 2.70. The van der Waals surface area contributed by atoms with Gasteiger partial charge < -0.3 is 20.3 Å². The smallest absolute Gasteiger partial charge is 0.408 e. The number of ether oxygens (including phenoxy) is 1. The molecule has 0 saturated carbocycles. The lowest BCUT2D eigenvalue weighted by Crippen LogP contribution is -2.54. The van der Waals surface area contributed by atoms with Crippen LogP contribution in [0.3, 0.4) is 0 Å². The summed E-state index contributed by atoms with van der Waals surface area (Å²) in [5.74, 6) is -0.534. The van der Waals surface area contributed by atoms with E-state index in [1.807, 2.05) is 45.0 Å². The zero-order valence-corrected chi connectivity index (χ0v) is 22.0. The van der Waals surface area contributed by atoms with Crippen LogP contribution < -0.4 is 10.6 Å². The monoisotopic (exact) mass is 479 g/mol. The Hall–Kier alpha value is -2.22. The molecule has 0 radical (unpaired) electrons. The van der Waals surface area contributed by atoms with Crippen LogP contribution in [0.5, 0.6) is 0 Å². The molecule has 3 atom stereocenters. The summed E-state index contributed by atoms with van der Waals surface area (Å²) in [5, 5.41) is 5.68. The maximum absolute atomic E-state index is 13.6. The van der Waals surface area contributed by atoms with Crippen molar-refractivity contribution >= 4 is 30.5 Å². The molecule has 33 heavy (non-hydrogen) atoms. The van der Waals surface area contributed by atoms with Gasteiger partial charge in [-0.2, -0.15) is 12.6 Å². The largest absolute Gasteiger partial charge is 0.444 e. The van der Waals surface area contributed by atoms with Crippen molar-refractivity contribution in [2.45, 2.75) is 91.5 Å². The molecule has 3 unspecified atom stereocenters. The van der Waals surface area contributed by atoms with Crippen LogP contribution in [0.15, 0.2) is 24.3 Å². The van der Waals surface area contributed by atoms with E-state index in [2.05, 4.69) is 30.2 Å². The van der Waals surface area contributed by atoms with Gasteiger partial charge in [-0.1, -0.05) is 50.1 Å². The summed E-state index contributed by atoms with van der Waals surface area (Å²) in [5.41, 5.74) is 1.03. The number of thiol groups is 1. The molecule has 0 heterocycles. The molecule has 0 bridgehead atoms. The van der Waals surface area contributed by atoms with Gasteiger partial charge in [0.05, 0.1) is 0 Å². The molecular weight excluding hydrogens is 438 g/mol. The predicted molar refractivity (Wildman–Crippen MR) is 135 cm³/mol. The van der Waals surface area contributed by atoms with Crippen molar-refractivity contribution in [3.63, 3.8) is 0 Å². The van der Waals surface area contributed by atoms with Gasteiger partial charge in [0.2, 0.25) is 11.8 Å². The number of aryl methyl sites for hydroxylation is 1. The third-order valence-electron chi connectivity index (χ3n) is 4.95. The molecule has 0 aliphatic carbocycles. The van der Waals surface area contributed by atoms with Gasteiger partial charge in [0.1, 0.15) is 17.7 Å². The van der Waals surface area contributed by atoms with Gasteiger partial charge in [-0.25, -0.2) is 4.79 Å². The Bertz CT molecular complexity index is 794. The highest BCUT2D eigenvalue weighted by molar-refractivity contribution is 7.80. The second kappa shape index (κ2) is 13.5. The Morgan fingerprint density at radius 2 is 1.79 bits per heavy atom. The summed E-state index contributed by atoms with van der Waals surface area (Å²) < 4.78 is 5.31. The van der Waals surface area contributed by atoms with Gasteiger partial charge >= 0.3 is 6.09 Å². The summed E-state index contributed by atoms with van der Waals surface area (Å²) >= 11 is 4.29. The lowest BCUT2D eigenvalue weighted by atomic mass is 10.00. The van der Waals surface area contributed by atoms with Crippen molar-refractivity contribution in [2.24, 2.45) is 0 Å². The van der Waals surface area contributed by atoms with E-state index in [9.17, 15) is 14.4 Å². The fraction of sp³-hybridized carbons (Fsp3) is 0.640. The second-order valence-corrected chi connectivity index (χ2v) is 9.79. The number of hydrogen-bond acceptors (Lipinski definition) is 5. The Morgan fingerprint density at radius 3 is 2.30 bits per heavy atom. The normalized spacial score (nSPS) is 14.1. The first kappa shape index (κ1) is 28.8. The zero-order valence-electron chi connectivity index (χ0n) is 21.1. The predicted octanol–water partition coefficient (Wildman–Crippen LogP) is 4.40. The zero-order chi connectivity index (χ0) is 25.2. The van der Waals surface area contributed by atoms with E-state index < -0.39 is 23.8 Å². The number of benzene rings is 1. The standard InChI is InChI=1S/C25H41N3O4S/c1-8-11-18(4)26-22(29)21(19-13-10-12-17(3)15-19)28(14-9-2)23(30)20(16-33)27-24(31)32-25(5,6)7/h10,12-13,15,18,20-21,33H,8-9,11,14,16H2,1-7H3,(H,26,29)(H,27,31). The summed E-state index contributed by atoms with van der Waals surface area (Å²) in [6, 6.07) is 5.84. The molecule has 1 rings (SSSR count). The van der Waals surface area contributed by atoms with Crippen molar-refractivity contribution in [2.75, 3.05) is 12.3 Å². The number of carbonyl (C=O) groups is 3. The molecule has 0 fully saturated rings. The minimum absolute atomic E-state index is 0.0195. The van der Waals surface area contributed by atoms with E-state index in [0.717, 1.165) is 24.0 Å². The number of amides is 3. The molecule has 0 saturated heterocycles. The number of hydrogen-bond donors (Lipinski definition) is 3. The number of nitrogens with zero attached hydrogens (tertiary/aromatic N) is 1. The molecular formula is C25H41N3O4S. The van der Waals surface area contributed by atoms with E-state index in [1.165, 1.54) is 0 Å². The maximum atomic E-state index is 13.6. The van der Waals surface area contributed by atoms with Crippen LogP contribution in [-0.2, 0) is 14.3 Å². The van der Waals surface area contributed by atoms with Gasteiger partial charge in [0.25, 0.3) is 0 Å². The number of rotatable bonds is 11. The fourth-order valence-electron chi connectivity index (χ4n) is 3.58. The SMILES string of the molecule is CCCC(C)NC(=O)C(c1cccc(C)c1)N(CCC)C(=O)C(CS)NC(=O)OC(C)(C)C. The molecule has 7 nitrogen and oxygen atoms in total.